The second-order valence-corrected chi connectivity index (χ2v) is 13.5. The first-order valence-electron chi connectivity index (χ1n) is 14.6. The molecular formula is C26H52N2Na2O8P2. The Bertz CT molecular complexity index is 673. The van der Waals surface area contributed by atoms with E-state index in [0.717, 1.165) is 38.5 Å². The van der Waals surface area contributed by atoms with Crippen LogP contribution >= 0.6 is 15.2 Å². The van der Waals surface area contributed by atoms with Gasteiger partial charge < -0.3 is 34.6 Å². The van der Waals surface area contributed by atoms with Gasteiger partial charge in [0.15, 0.2) is 5.45 Å². The molecule has 0 unspecified atom stereocenters. The predicted molar refractivity (Wildman–Crippen MR) is 149 cm³/mol. The molecule has 0 saturated carbocycles. The van der Waals surface area contributed by atoms with E-state index < -0.39 is 26.1 Å². The molecule has 0 radical (unpaired) electrons. The van der Waals surface area contributed by atoms with Crippen LogP contribution in [-0.2, 0) is 9.13 Å². The predicted octanol–water partition coefficient (Wildman–Crippen LogP) is 1.02. The number of nitrogens with zero attached hydrogens (tertiary/aromatic N) is 2. The summed E-state index contributed by atoms with van der Waals surface area (Å²) in [6.45, 7) is 0. The number of rotatable bonds is 27. The van der Waals surface area contributed by atoms with E-state index >= 15 is 0 Å². The van der Waals surface area contributed by atoms with Crippen LogP contribution in [0.1, 0.15) is 154 Å². The Labute approximate surface area is 286 Å². The molecule has 0 aliphatic carbocycles. The third-order valence-corrected chi connectivity index (χ3v) is 8.86. The molecule has 226 valence electrons. The van der Waals surface area contributed by atoms with E-state index in [4.69, 9.17) is 20.2 Å². The molecule has 0 aliphatic heterocycles. The van der Waals surface area contributed by atoms with Gasteiger partial charge in [0.1, 0.15) is 0 Å². The third kappa shape index (κ3) is 29.3. The van der Waals surface area contributed by atoms with Gasteiger partial charge in [-0.25, -0.2) is 0 Å². The van der Waals surface area contributed by atoms with Gasteiger partial charge in [-0.15, -0.1) is 0 Å². The third-order valence-electron chi connectivity index (χ3n) is 6.93. The van der Waals surface area contributed by atoms with Gasteiger partial charge in [-0.3, -0.25) is 4.57 Å². The van der Waals surface area contributed by atoms with E-state index in [9.17, 15) is 18.9 Å². The quantitative estimate of drug-likeness (QED) is 0.0259. The SMILES string of the molecule is O=P([O-])([O-])C(CCCCCCCCCCCCCCCCCCCCCCCCC(=NO)P(=O)(O)O)=NO.[Na+].[Na+]. The molecule has 0 amide bonds. The van der Waals surface area contributed by atoms with Gasteiger partial charge in [-0.2, -0.15) is 0 Å². The van der Waals surface area contributed by atoms with Crippen molar-refractivity contribution in [3.63, 3.8) is 0 Å². The molecule has 0 aliphatic rings. The van der Waals surface area contributed by atoms with Crippen molar-refractivity contribution in [2.24, 2.45) is 10.3 Å². The molecule has 0 aromatic heterocycles. The first-order valence-corrected chi connectivity index (χ1v) is 17.8. The summed E-state index contributed by atoms with van der Waals surface area (Å²) in [6, 6.07) is 0. The minimum absolute atomic E-state index is 0. The zero-order chi connectivity index (χ0) is 28.5. The van der Waals surface area contributed by atoms with Crippen molar-refractivity contribution in [2.75, 3.05) is 0 Å². The molecule has 0 aromatic rings. The molecule has 0 fully saturated rings. The van der Waals surface area contributed by atoms with Gasteiger partial charge in [0.2, 0.25) is 0 Å². The largest absolute Gasteiger partial charge is 1.00 e. The van der Waals surface area contributed by atoms with E-state index in [0.29, 0.717) is 12.8 Å². The molecule has 0 rings (SSSR count). The maximum absolute atomic E-state index is 11.0. The van der Waals surface area contributed by atoms with Crippen molar-refractivity contribution in [2.45, 2.75) is 154 Å². The van der Waals surface area contributed by atoms with Gasteiger partial charge in [-0.05, 0) is 26.9 Å². The Morgan fingerprint density at radius 2 is 0.650 bits per heavy atom. The van der Waals surface area contributed by atoms with Crippen molar-refractivity contribution in [3.8, 4) is 0 Å². The maximum atomic E-state index is 11.0. The molecule has 10 nitrogen and oxygen atoms in total. The van der Waals surface area contributed by atoms with Crippen molar-refractivity contribution >= 4 is 26.1 Å². The Balaban J connectivity index is -0.00000684. The molecule has 14 heteroatoms. The van der Waals surface area contributed by atoms with E-state index in [-0.39, 0.29) is 72.0 Å². The summed E-state index contributed by atoms with van der Waals surface area (Å²) in [5, 5.41) is 22.5. The molecule has 0 atom stereocenters. The van der Waals surface area contributed by atoms with Crippen molar-refractivity contribution in [1.29, 1.82) is 0 Å². The normalized spacial score (nSPS) is 12.7. The van der Waals surface area contributed by atoms with E-state index in [1.807, 2.05) is 0 Å². The average Bonchev–Trinajstić information content (AvgIpc) is 2.84. The van der Waals surface area contributed by atoms with E-state index in [1.54, 1.807) is 0 Å². The van der Waals surface area contributed by atoms with Crippen LogP contribution in [0.2, 0.25) is 0 Å². The van der Waals surface area contributed by atoms with Crippen LogP contribution in [0, 0.1) is 0 Å². The second kappa shape index (κ2) is 30.3. The van der Waals surface area contributed by atoms with Crippen LogP contribution in [0.5, 0.6) is 0 Å². The topological polar surface area (TPSA) is 186 Å². The second-order valence-electron chi connectivity index (χ2n) is 10.4. The van der Waals surface area contributed by atoms with E-state index in [2.05, 4.69) is 10.3 Å². The van der Waals surface area contributed by atoms with E-state index in [1.165, 1.54) is 89.9 Å². The van der Waals surface area contributed by atoms with Gasteiger partial charge in [0, 0.05) is 6.42 Å². The number of hydrogen-bond donors (Lipinski definition) is 4. The van der Waals surface area contributed by atoms with Crippen molar-refractivity contribution < 1.29 is 98.2 Å². The Kier molecular flexibility index (Phi) is 34.6. The summed E-state index contributed by atoms with van der Waals surface area (Å²) in [6.07, 6.45) is 25.3. The van der Waals surface area contributed by atoms with Crippen LogP contribution in [0.15, 0.2) is 10.3 Å². The monoisotopic (exact) mass is 628 g/mol. The molecule has 40 heavy (non-hydrogen) atoms. The molecular weight excluding hydrogens is 576 g/mol. The molecule has 4 N–H and O–H groups in total. The van der Waals surface area contributed by atoms with Crippen molar-refractivity contribution in [1.82, 2.24) is 0 Å². The van der Waals surface area contributed by atoms with Crippen LogP contribution in [-0.4, -0.2) is 31.1 Å². The number of hydrogen-bond acceptors (Lipinski definition) is 8. The standard InChI is InChI=1S/C26H54N2O8P2.2Na/c29-27-25(37(31,32)33)23-21-19-17-15-13-11-9-7-5-3-1-2-4-6-8-10-12-14-16-18-20-22-24-26(28-30)38(34,35)36;;/h29-30H,1-24H2,(H2,31,32,33)(H2,34,35,36);;/q;2*+1/p-2. The zero-order valence-corrected chi connectivity index (χ0v) is 31.0. The Morgan fingerprint density at radius 1 is 0.450 bits per heavy atom. The number of oxime groups is 2. The van der Waals surface area contributed by atoms with Crippen LogP contribution < -0.4 is 68.9 Å². The van der Waals surface area contributed by atoms with Crippen LogP contribution in [0.3, 0.4) is 0 Å². The van der Waals surface area contributed by atoms with Gasteiger partial charge in [0.25, 0.3) is 0 Å². The van der Waals surface area contributed by atoms with Gasteiger partial charge in [0.05, 0.1) is 5.45 Å². The molecule has 0 saturated heterocycles. The van der Waals surface area contributed by atoms with Crippen molar-refractivity contribution in [3.05, 3.63) is 0 Å². The summed E-state index contributed by atoms with van der Waals surface area (Å²) in [5.41, 5.74) is -1.05. The first-order chi connectivity index (χ1) is 18.1. The average molecular weight is 629 g/mol. The fourth-order valence-corrected chi connectivity index (χ4v) is 5.70. The molecule has 0 heterocycles. The summed E-state index contributed by atoms with van der Waals surface area (Å²) >= 11 is 0. The van der Waals surface area contributed by atoms with Gasteiger partial charge >= 0.3 is 66.7 Å². The fourth-order valence-electron chi connectivity index (χ4n) is 4.60. The van der Waals surface area contributed by atoms with Crippen LogP contribution in [0.4, 0.5) is 0 Å². The zero-order valence-electron chi connectivity index (χ0n) is 25.2. The molecule has 0 bridgehead atoms. The minimum atomic E-state index is -4.90. The Morgan fingerprint density at radius 3 is 0.825 bits per heavy atom. The maximum Gasteiger partial charge on any atom is 1.00 e. The summed E-state index contributed by atoms with van der Waals surface area (Å²) < 4.78 is 21.8. The van der Waals surface area contributed by atoms with Gasteiger partial charge in [-0.1, -0.05) is 139 Å². The first kappa shape index (κ1) is 45.7. The summed E-state index contributed by atoms with van der Waals surface area (Å²) in [5.74, 6) is 0. The number of unbranched alkanes of at least 4 members (excludes halogenated alkanes) is 21. The summed E-state index contributed by atoms with van der Waals surface area (Å²) in [7, 11) is -9.31. The fraction of sp³-hybridized carbons (Fsp3) is 0.923. The molecule has 0 aromatic carbocycles. The minimum Gasteiger partial charge on any atom is -0.806 e. The van der Waals surface area contributed by atoms with Crippen LogP contribution in [0.25, 0.3) is 0 Å². The molecule has 0 spiro atoms. The Hall–Kier alpha value is 1.24. The summed E-state index contributed by atoms with van der Waals surface area (Å²) in [4.78, 5) is 39.6. The smallest absolute Gasteiger partial charge is 0.806 e.